The SMILES string of the molecule is CC1CCN(C(CNC(=O)C2(C)CC2(Cl)Cl)c2cccs2)CC1. The molecule has 2 unspecified atom stereocenters. The van der Waals surface area contributed by atoms with Crippen molar-refractivity contribution in [2.24, 2.45) is 11.3 Å². The fourth-order valence-corrected chi connectivity index (χ4v) is 4.83. The van der Waals surface area contributed by atoms with Crippen molar-refractivity contribution < 1.29 is 4.79 Å². The Labute approximate surface area is 152 Å². The van der Waals surface area contributed by atoms with E-state index in [9.17, 15) is 4.79 Å². The Morgan fingerprint density at radius 2 is 2.13 bits per heavy atom. The molecule has 1 N–H and O–H groups in total. The Hall–Kier alpha value is -0.290. The zero-order chi connectivity index (χ0) is 16.7. The summed E-state index contributed by atoms with van der Waals surface area (Å²) in [5, 5.41) is 5.19. The smallest absolute Gasteiger partial charge is 0.229 e. The van der Waals surface area contributed by atoms with Crippen molar-refractivity contribution in [1.29, 1.82) is 0 Å². The summed E-state index contributed by atoms with van der Waals surface area (Å²) in [5.41, 5.74) is -0.646. The van der Waals surface area contributed by atoms with Gasteiger partial charge in [-0.05, 0) is 56.6 Å². The lowest BCUT2D eigenvalue weighted by molar-refractivity contribution is -0.126. The summed E-state index contributed by atoms with van der Waals surface area (Å²) >= 11 is 14.0. The van der Waals surface area contributed by atoms with Gasteiger partial charge in [0.05, 0.1) is 11.5 Å². The van der Waals surface area contributed by atoms with Gasteiger partial charge in [-0.15, -0.1) is 34.5 Å². The molecule has 2 aliphatic rings. The van der Waals surface area contributed by atoms with Gasteiger partial charge in [0.15, 0.2) is 0 Å². The van der Waals surface area contributed by atoms with Crippen LogP contribution in [0.2, 0.25) is 0 Å². The van der Waals surface area contributed by atoms with Crippen LogP contribution in [0.1, 0.15) is 44.0 Å². The predicted octanol–water partition coefficient (Wildman–Crippen LogP) is 4.22. The highest BCUT2D eigenvalue weighted by Crippen LogP contribution is 2.63. The molecule has 23 heavy (non-hydrogen) atoms. The first kappa shape index (κ1) is 17.5. The third kappa shape index (κ3) is 3.55. The summed E-state index contributed by atoms with van der Waals surface area (Å²) in [4.78, 5) is 16.3. The Bertz CT molecular complexity index is 555. The molecule has 0 radical (unpaired) electrons. The van der Waals surface area contributed by atoms with E-state index < -0.39 is 9.75 Å². The van der Waals surface area contributed by atoms with Crippen LogP contribution in [-0.4, -0.2) is 34.8 Å². The molecular formula is C17H24Cl2N2OS. The lowest BCUT2D eigenvalue weighted by Gasteiger charge is -2.36. The van der Waals surface area contributed by atoms with Gasteiger partial charge >= 0.3 is 0 Å². The third-order valence-electron chi connectivity index (χ3n) is 5.35. The number of piperidine rings is 1. The quantitative estimate of drug-likeness (QED) is 0.782. The van der Waals surface area contributed by atoms with E-state index in [1.807, 2.05) is 6.92 Å². The molecule has 0 aromatic carbocycles. The van der Waals surface area contributed by atoms with E-state index in [0.29, 0.717) is 13.0 Å². The normalized spacial score (nSPS) is 29.2. The standard InChI is InChI=1S/C17H24Cl2N2OS/c1-12-5-7-21(8-6-12)13(14-4-3-9-23-14)10-20-15(22)16(2)11-17(16,18)19/h3-4,9,12-13H,5-8,10-11H2,1-2H3,(H,20,22). The van der Waals surface area contributed by atoms with Gasteiger partial charge in [-0.3, -0.25) is 9.69 Å². The molecular weight excluding hydrogens is 351 g/mol. The maximum Gasteiger partial charge on any atom is 0.229 e. The number of nitrogens with one attached hydrogen (secondary N) is 1. The Balaban J connectivity index is 1.64. The average molecular weight is 375 g/mol. The molecule has 1 aromatic rings. The van der Waals surface area contributed by atoms with E-state index in [2.05, 4.69) is 34.7 Å². The van der Waals surface area contributed by atoms with Gasteiger partial charge in [-0.1, -0.05) is 13.0 Å². The number of carbonyl (C=O) groups excluding carboxylic acids is 1. The predicted molar refractivity (Wildman–Crippen MR) is 97.2 cm³/mol. The number of alkyl halides is 2. The summed E-state index contributed by atoms with van der Waals surface area (Å²) in [6.45, 7) is 6.95. The minimum Gasteiger partial charge on any atom is -0.354 e. The molecule has 3 rings (SSSR count). The molecule has 1 aliphatic carbocycles. The van der Waals surface area contributed by atoms with Crippen LogP contribution in [0.15, 0.2) is 17.5 Å². The van der Waals surface area contributed by atoms with E-state index >= 15 is 0 Å². The molecule has 128 valence electrons. The van der Waals surface area contributed by atoms with Crippen molar-refractivity contribution in [2.45, 2.75) is 43.5 Å². The zero-order valence-corrected chi connectivity index (χ0v) is 16.0. The second-order valence-electron chi connectivity index (χ2n) is 7.17. The highest BCUT2D eigenvalue weighted by atomic mass is 35.5. The molecule has 1 aromatic heterocycles. The maximum absolute atomic E-state index is 12.5. The topological polar surface area (TPSA) is 32.3 Å². The lowest BCUT2D eigenvalue weighted by atomic mass is 9.97. The first-order valence-corrected chi connectivity index (χ1v) is 9.90. The van der Waals surface area contributed by atoms with Gasteiger partial charge in [-0.25, -0.2) is 0 Å². The van der Waals surface area contributed by atoms with E-state index in [0.717, 1.165) is 19.0 Å². The number of rotatable bonds is 5. The number of halogens is 2. The van der Waals surface area contributed by atoms with Crippen LogP contribution in [0.4, 0.5) is 0 Å². The Kier molecular flexibility index (Phi) is 4.99. The molecule has 1 amide bonds. The number of hydrogen-bond donors (Lipinski definition) is 1. The minimum atomic E-state index is -0.907. The highest BCUT2D eigenvalue weighted by Gasteiger charge is 2.67. The number of likely N-dealkylation sites (tertiary alicyclic amines) is 1. The summed E-state index contributed by atoms with van der Waals surface area (Å²) in [5.74, 6) is 0.762. The lowest BCUT2D eigenvalue weighted by Crippen LogP contribution is -2.43. The van der Waals surface area contributed by atoms with Crippen LogP contribution >= 0.6 is 34.5 Å². The molecule has 6 heteroatoms. The maximum atomic E-state index is 12.5. The van der Waals surface area contributed by atoms with Crippen LogP contribution in [0.25, 0.3) is 0 Å². The Morgan fingerprint density at radius 3 is 2.65 bits per heavy atom. The number of amides is 1. The number of hydrogen-bond acceptors (Lipinski definition) is 3. The minimum absolute atomic E-state index is 0.0329. The van der Waals surface area contributed by atoms with Gasteiger partial charge in [0.25, 0.3) is 0 Å². The van der Waals surface area contributed by atoms with Crippen molar-refractivity contribution in [3.8, 4) is 0 Å². The summed E-state index contributed by atoms with van der Waals surface area (Å²) < 4.78 is -0.907. The monoisotopic (exact) mass is 374 g/mol. The summed E-state index contributed by atoms with van der Waals surface area (Å²) in [6.07, 6.45) is 2.97. The molecule has 1 saturated carbocycles. The number of nitrogens with zero attached hydrogens (tertiary/aromatic N) is 1. The fraction of sp³-hybridized carbons (Fsp3) is 0.706. The third-order valence-corrected chi connectivity index (χ3v) is 7.42. The second-order valence-corrected chi connectivity index (χ2v) is 9.64. The van der Waals surface area contributed by atoms with Crippen molar-refractivity contribution in [3.05, 3.63) is 22.4 Å². The van der Waals surface area contributed by atoms with Crippen LogP contribution < -0.4 is 5.32 Å². The molecule has 0 bridgehead atoms. The molecule has 3 nitrogen and oxygen atoms in total. The second kappa shape index (κ2) is 6.55. The van der Waals surface area contributed by atoms with Crippen molar-refractivity contribution in [3.63, 3.8) is 0 Å². The van der Waals surface area contributed by atoms with E-state index in [4.69, 9.17) is 23.2 Å². The largest absolute Gasteiger partial charge is 0.354 e. The highest BCUT2D eigenvalue weighted by molar-refractivity contribution is 7.10. The van der Waals surface area contributed by atoms with Crippen molar-refractivity contribution >= 4 is 40.4 Å². The van der Waals surface area contributed by atoms with E-state index in [1.54, 1.807) is 11.3 Å². The summed E-state index contributed by atoms with van der Waals surface area (Å²) in [7, 11) is 0. The molecule has 2 heterocycles. The van der Waals surface area contributed by atoms with Crippen LogP contribution in [0.3, 0.4) is 0 Å². The molecule has 1 saturated heterocycles. The van der Waals surface area contributed by atoms with Crippen LogP contribution in [0, 0.1) is 11.3 Å². The van der Waals surface area contributed by atoms with E-state index in [-0.39, 0.29) is 11.9 Å². The van der Waals surface area contributed by atoms with Gasteiger partial charge in [0, 0.05) is 11.4 Å². The fourth-order valence-electron chi connectivity index (χ4n) is 3.26. The van der Waals surface area contributed by atoms with Crippen molar-refractivity contribution in [2.75, 3.05) is 19.6 Å². The zero-order valence-electron chi connectivity index (χ0n) is 13.6. The van der Waals surface area contributed by atoms with E-state index in [1.165, 1.54) is 17.7 Å². The molecule has 2 atom stereocenters. The first-order valence-electron chi connectivity index (χ1n) is 8.27. The molecule has 0 spiro atoms. The van der Waals surface area contributed by atoms with Crippen LogP contribution in [-0.2, 0) is 4.79 Å². The van der Waals surface area contributed by atoms with Crippen molar-refractivity contribution in [1.82, 2.24) is 10.2 Å². The number of carbonyl (C=O) groups is 1. The number of thiophene rings is 1. The average Bonchev–Trinajstić information content (AvgIpc) is 2.89. The molecule has 1 aliphatic heterocycles. The first-order chi connectivity index (χ1) is 10.8. The van der Waals surface area contributed by atoms with Gasteiger partial charge < -0.3 is 5.32 Å². The van der Waals surface area contributed by atoms with Crippen LogP contribution in [0.5, 0.6) is 0 Å². The van der Waals surface area contributed by atoms with Gasteiger partial charge in [0.2, 0.25) is 5.91 Å². The van der Waals surface area contributed by atoms with Gasteiger partial charge in [0.1, 0.15) is 4.33 Å². The molecule has 2 fully saturated rings. The Morgan fingerprint density at radius 1 is 1.48 bits per heavy atom. The van der Waals surface area contributed by atoms with Gasteiger partial charge in [-0.2, -0.15) is 0 Å². The summed E-state index contributed by atoms with van der Waals surface area (Å²) in [6, 6.07) is 4.48.